The summed E-state index contributed by atoms with van der Waals surface area (Å²) in [5, 5.41) is 11.6. The van der Waals surface area contributed by atoms with Crippen molar-refractivity contribution in [3.63, 3.8) is 0 Å². The Kier molecular flexibility index (Phi) is 7.43. The van der Waals surface area contributed by atoms with E-state index in [0.717, 1.165) is 0 Å². The molecule has 170 valence electrons. The largest absolute Gasteiger partial charge is 0.496 e. The van der Waals surface area contributed by atoms with E-state index in [2.05, 4.69) is 37.8 Å². The molecule has 0 aliphatic heterocycles. The SMILES string of the molecule is C=CC(=O)Nc1ccc(OC)c(Nc2cc(Nc3ccc(OC)c(C(=O)NC)c3)ncn2)c1. The van der Waals surface area contributed by atoms with Gasteiger partial charge < -0.3 is 30.7 Å². The molecule has 1 heterocycles. The van der Waals surface area contributed by atoms with Crippen LogP contribution in [0.25, 0.3) is 0 Å². The molecule has 3 rings (SSSR count). The summed E-state index contributed by atoms with van der Waals surface area (Å²) in [4.78, 5) is 32.2. The third-order valence-electron chi connectivity index (χ3n) is 4.53. The van der Waals surface area contributed by atoms with Crippen molar-refractivity contribution in [2.45, 2.75) is 0 Å². The molecule has 0 saturated carbocycles. The molecule has 2 amide bonds. The highest BCUT2D eigenvalue weighted by Gasteiger charge is 2.13. The van der Waals surface area contributed by atoms with E-state index in [4.69, 9.17) is 9.47 Å². The summed E-state index contributed by atoms with van der Waals surface area (Å²) in [5.41, 5.74) is 2.19. The van der Waals surface area contributed by atoms with Gasteiger partial charge in [-0.2, -0.15) is 0 Å². The van der Waals surface area contributed by atoms with Crippen molar-refractivity contribution < 1.29 is 19.1 Å². The zero-order valence-corrected chi connectivity index (χ0v) is 18.4. The van der Waals surface area contributed by atoms with Crippen LogP contribution < -0.4 is 30.7 Å². The normalized spacial score (nSPS) is 10.0. The van der Waals surface area contributed by atoms with Crippen LogP contribution >= 0.6 is 0 Å². The third-order valence-corrected chi connectivity index (χ3v) is 4.53. The molecule has 0 aliphatic carbocycles. The van der Waals surface area contributed by atoms with Crippen LogP contribution in [0.2, 0.25) is 0 Å². The first-order valence-corrected chi connectivity index (χ1v) is 9.85. The highest BCUT2D eigenvalue weighted by Crippen LogP contribution is 2.31. The Labute approximate surface area is 191 Å². The Morgan fingerprint density at radius 2 is 1.58 bits per heavy atom. The van der Waals surface area contributed by atoms with Crippen LogP contribution in [-0.2, 0) is 4.79 Å². The molecular weight excluding hydrogens is 424 g/mol. The number of benzene rings is 2. The third kappa shape index (κ3) is 5.76. The van der Waals surface area contributed by atoms with Gasteiger partial charge in [0, 0.05) is 24.5 Å². The van der Waals surface area contributed by atoms with Crippen molar-refractivity contribution >= 4 is 40.5 Å². The molecule has 2 aromatic carbocycles. The van der Waals surface area contributed by atoms with Crippen molar-refractivity contribution in [2.75, 3.05) is 37.2 Å². The molecule has 3 aromatic rings. The van der Waals surface area contributed by atoms with Crippen molar-refractivity contribution in [1.82, 2.24) is 15.3 Å². The Bertz CT molecular complexity index is 1180. The summed E-state index contributed by atoms with van der Waals surface area (Å²) in [6.07, 6.45) is 2.58. The number of ether oxygens (including phenoxy) is 2. The topological polar surface area (TPSA) is 126 Å². The number of aromatic nitrogens is 2. The highest BCUT2D eigenvalue weighted by molar-refractivity contribution is 5.99. The predicted octanol–water partition coefficient (Wildman–Crippen LogP) is 3.47. The van der Waals surface area contributed by atoms with Crippen molar-refractivity contribution in [2.24, 2.45) is 0 Å². The Balaban J connectivity index is 1.83. The fourth-order valence-corrected chi connectivity index (χ4v) is 2.95. The van der Waals surface area contributed by atoms with E-state index in [1.165, 1.54) is 19.5 Å². The fourth-order valence-electron chi connectivity index (χ4n) is 2.95. The average molecular weight is 448 g/mol. The minimum absolute atomic E-state index is 0.268. The minimum atomic E-state index is -0.324. The lowest BCUT2D eigenvalue weighted by Gasteiger charge is -2.14. The van der Waals surface area contributed by atoms with Gasteiger partial charge in [-0.1, -0.05) is 6.58 Å². The summed E-state index contributed by atoms with van der Waals surface area (Å²) >= 11 is 0. The van der Waals surface area contributed by atoms with Gasteiger partial charge in [0.25, 0.3) is 5.91 Å². The number of nitrogens with one attached hydrogen (secondary N) is 4. The first-order chi connectivity index (χ1) is 16.0. The Hall–Kier alpha value is -4.60. The summed E-state index contributed by atoms with van der Waals surface area (Å²) in [6, 6.07) is 12.0. The van der Waals surface area contributed by atoms with Crippen molar-refractivity contribution in [3.05, 3.63) is 67.0 Å². The zero-order chi connectivity index (χ0) is 23.8. The number of carbonyl (C=O) groups excluding carboxylic acids is 2. The molecule has 33 heavy (non-hydrogen) atoms. The zero-order valence-electron chi connectivity index (χ0n) is 18.4. The standard InChI is InChI=1S/C23H24N6O4/c1-5-22(30)28-15-7-9-19(33-4)17(11-15)29-21-12-20(25-13-26-21)27-14-6-8-18(32-3)16(10-14)23(31)24-2/h5-13H,1H2,2-4H3,(H,24,31)(H,28,30)(H2,25,26,27,29). The van der Waals surface area contributed by atoms with Gasteiger partial charge in [-0.05, 0) is 42.5 Å². The summed E-state index contributed by atoms with van der Waals surface area (Å²) in [6.45, 7) is 3.45. The smallest absolute Gasteiger partial charge is 0.254 e. The summed E-state index contributed by atoms with van der Waals surface area (Å²) < 4.78 is 10.6. The van der Waals surface area contributed by atoms with Crippen molar-refractivity contribution in [1.29, 1.82) is 0 Å². The Morgan fingerprint density at radius 1 is 0.909 bits per heavy atom. The number of nitrogens with zero attached hydrogens (tertiary/aromatic N) is 2. The van der Waals surface area contributed by atoms with Gasteiger partial charge in [0.05, 0.1) is 25.5 Å². The molecule has 0 radical (unpaired) electrons. The van der Waals surface area contributed by atoms with E-state index in [9.17, 15) is 9.59 Å². The lowest BCUT2D eigenvalue weighted by Crippen LogP contribution is -2.18. The fraction of sp³-hybridized carbons (Fsp3) is 0.130. The monoisotopic (exact) mass is 448 g/mol. The van der Waals surface area contributed by atoms with Crippen LogP contribution in [0.3, 0.4) is 0 Å². The minimum Gasteiger partial charge on any atom is -0.496 e. The first kappa shape index (κ1) is 23.1. The van der Waals surface area contributed by atoms with E-state index in [-0.39, 0.29) is 11.8 Å². The lowest BCUT2D eigenvalue weighted by molar-refractivity contribution is -0.111. The van der Waals surface area contributed by atoms with E-state index < -0.39 is 0 Å². The van der Waals surface area contributed by atoms with E-state index in [1.807, 2.05) is 0 Å². The molecule has 0 unspecified atom stereocenters. The number of hydrogen-bond donors (Lipinski definition) is 4. The molecule has 0 bridgehead atoms. The van der Waals surface area contributed by atoms with E-state index in [1.54, 1.807) is 56.6 Å². The van der Waals surface area contributed by atoms with E-state index >= 15 is 0 Å². The van der Waals surface area contributed by atoms with Gasteiger partial charge in [0.1, 0.15) is 29.5 Å². The number of rotatable bonds is 9. The van der Waals surface area contributed by atoms with Crippen LogP contribution in [0.15, 0.2) is 61.4 Å². The maximum Gasteiger partial charge on any atom is 0.254 e. The van der Waals surface area contributed by atoms with Crippen LogP contribution in [0.4, 0.5) is 28.7 Å². The van der Waals surface area contributed by atoms with Crippen LogP contribution in [0, 0.1) is 0 Å². The summed E-state index contributed by atoms with van der Waals surface area (Å²) in [7, 11) is 4.60. The number of anilines is 5. The molecule has 1 aromatic heterocycles. The van der Waals surface area contributed by atoms with Crippen molar-refractivity contribution in [3.8, 4) is 11.5 Å². The first-order valence-electron chi connectivity index (χ1n) is 9.85. The van der Waals surface area contributed by atoms with Crippen LogP contribution in [-0.4, -0.2) is 43.0 Å². The van der Waals surface area contributed by atoms with E-state index in [0.29, 0.717) is 45.8 Å². The number of carbonyl (C=O) groups is 2. The maximum atomic E-state index is 12.1. The summed E-state index contributed by atoms with van der Waals surface area (Å²) in [5.74, 6) is 1.41. The molecule has 4 N–H and O–H groups in total. The second-order valence-corrected chi connectivity index (χ2v) is 6.64. The van der Waals surface area contributed by atoms with Crippen LogP contribution in [0.5, 0.6) is 11.5 Å². The molecule has 0 fully saturated rings. The van der Waals surface area contributed by atoms with Gasteiger partial charge in [-0.15, -0.1) is 0 Å². The Morgan fingerprint density at radius 3 is 2.24 bits per heavy atom. The molecule has 10 nitrogen and oxygen atoms in total. The second-order valence-electron chi connectivity index (χ2n) is 6.64. The molecule has 0 atom stereocenters. The average Bonchev–Trinajstić information content (AvgIpc) is 2.83. The van der Waals surface area contributed by atoms with Gasteiger partial charge in [-0.25, -0.2) is 9.97 Å². The number of amides is 2. The second kappa shape index (κ2) is 10.6. The van der Waals surface area contributed by atoms with Gasteiger partial charge in [0.15, 0.2) is 0 Å². The predicted molar refractivity (Wildman–Crippen MR) is 127 cm³/mol. The highest BCUT2D eigenvalue weighted by atomic mass is 16.5. The van der Waals surface area contributed by atoms with Gasteiger partial charge in [-0.3, -0.25) is 9.59 Å². The van der Waals surface area contributed by atoms with Gasteiger partial charge in [0.2, 0.25) is 5.91 Å². The lowest BCUT2D eigenvalue weighted by atomic mass is 10.1. The molecular formula is C23H24N6O4. The quantitative estimate of drug-likeness (QED) is 0.367. The molecule has 0 aliphatic rings. The molecule has 10 heteroatoms. The molecule has 0 spiro atoms. The number of methoxy groups -OCH3 is 2. The van der Waals surface area contributed by atoms with Gasteiger partial charge >= 0.3 is 0 Å². The maximum absolute atomic E-state index is 12.1. The molecule has 0 saturated heterocycles. The van der Waals surface area contributed by atoms with Crippen LogP contribution in [0.1, 0.15) is 10.4 Å². The number of hydrogen-bond acceptors (Lipinski definition) is 8.